The van der Waals surface area contributed by atoms with Gasteiger partial charge in [-0.3, -0.25) is 0 Å². The van der Waals surface area contributed by atoms with Gasteiger partial charge in [0.05, 0.1) is 26.4 Å². The summed E-state index contributed by atoms with van der Waals surface area (Å²) in [5.74, 6) is 1.02. The highest BCUT2D eigenvalue weighted by atomic mass is 16.5. The third-order valence-corrected chi connectivity index (χ3v) is 7.49. The average molecular weight is 359 g/mol. The van der Waals surface area contributed by atoms with E-state index in [0.717, 1.165) is 30.7 Å². The molecule has 1 saturated heterocycles. The Labute approximate surface area is 154 Å². The van der Waals surface area contributed by atoms with Crippen molar-refractivity contribution in [3.8, 4) is 5.75 Å². The fourth-order valence-electron chi connectivity index (χ4n) is 5.87. The van der Waals surface area contributed by atoms with Crippen LogP contribution in [0.25, 0.3) is 0 Å². The number of piperidine rings is 1. The van der Waals surface area contributed by atoms with Crippen LogP contribution in [0.4, 0.5) is 0 Å². The Kier molecular flexibility index (Phi) is 4.19. The molecule has 0 amide bonds. The molecule has 4 rings (SSSR count). The molecule has 142 valence electrons. The predicted octanol–water partition coefficient (Wildman–Crippen LogP) is 1.10. The standard InChI is InChI=1S/C21H29NO4/c1-13-19(25)20(11-23,12-24)10-17-18-8-14-4-5-15(26-3)9-16(14)21(13,17)6-7-22(18)2/h4-5,9,17-19,23-25H,1,6-8,10-12H2,2-3H3/t17?,18?,19-,21?/m0/s1. The van der Waals surface area contributed by atoms with E-state index < -0.39 is 11.5 Å². The number of nitrogens with zero attached hydrogens (tertiary/aromatic N) is 1. The molecule has 5 heteroatoms. The van der Waals surface area contributed by atoms with Gasteiger partial charge in [-0.15, -0.1) is 0 Å². The summed E-state index contributed by atoms with van der Waals surface area (Å²) in [6.07, 6.45) is 1.48. The third-order valence-electron chi connectivity index (χ3n) is 7.49. The molecule has 3 aliphatic rings. The van der Waals surface area contributed by atoms with Crippen LogP contribution in [0.3, 0.4) is 0 Å². The van der Waals surface area contributed by atoms with E-state index in [0.29, 0.717) is 12.5 Å². The molecule has 2 aliphatic carbocycles. The monoisotopic (exact) mass is 359 g/mol. The van der Waals surface area contributed by atoms with E-state index >= 15 is 0 Å². The molecule has 1 heterocycles. The second-order valence-electron chi connectivity index (χ2n) is 8.41. The minimum absolute atomic E-state index is 0.205. The van der Waals surface area contributed by atoms with E-state index in [4.69, 9.17) is 4.74 Å². The van der Waals surface area contributed by atoms with Gasteiger partial charge >= 0.3 is 0 Å². The molecule has 5 nitrogen and oxygen atoms in total. The van der Waals surface area contributed by atoms with Gasteiger partial charge in [-0.2, -0.15) is 0 Å². The van der Waals surface area contributed by atoms with Gasteiger partial charge in [0, 0.05) is 16.9 Å². The summed E-state index contributed by atoms with van der Waals surface area (Å²) in [5, 5.41) is 31.1. The van der Waals surface area contributed by atoms with E-state index in [1.165, 1.54) is 11.1 Å². The first kappa shape index (κ1) is 18.0. The maximum atomic E-state index is 11.1. The number of ether oxygens (including phenoxy) is 1. The van der Waals surface area contributed by atoms with Crippen LogP contribution in [-0.4, -0.2) is 66.3 Å². The normalized spacial score (nSPS) is 35.6. The Hall–Kier alpha value is -1.40. The van der Waals surface area contributed by atoms with Crippen molar-refractivity contribution in [2.45, 2.75) is 36.8 Å². The molecule has 1 aromatic rings. The Morgan fingerprint density at radius 3 is 2.69 bits per heavy atom. The van der Waals surface area contributed by atoms with Crippen LogP contribution in [0.15, 0.2) is 30.4 Å². The molecule has 1 aliphatic heterocycles. The lowest BCUT2D eigenvalue weighted by molar-refractivity contribution is -0.112. The number of methoxy groups -OCH3 is 1. The number of fused-ring (bicyclic) bond motifs is 1. The molecule has 3 N–H and O–H groups in total. The molecular weight excluding hydrogens is 330 g/mol. The fourth-order valence-corrected chi connectivity index (χ4v) is 5.87. The molecule has 2 fully saturated rings. The van der Waals surface area contributed by atoms with Crippen molar-refractivity contribution in [2.75, 3.05) is 33.9 Å². The lowest BCUT2D eigenvalue weighted by Gasteiger charge is -2.63. The van der Waals surface area contributed by atoms with Crippen LogP contribution in [0, 0.1) is 11.3 Å². The van der Waals surface area contributed by atoms with Crippen LogP contribution >= 0.6 is 0 Å². The molecule has 0 spiro atoms. The van der Waals surface area contributed by atoms with Crippen molar-refractivity contribution in [1.29, 1.82) is 0 Å². The van der Waals surface area contributed by atoms with Crippen molar-refractivity contribution in [1.82, 2.24) is 4.90 Å². The number of aliphatic hydroxyl groups excluding tert-OH is 3. The van der Waals surface area contributed by atoms with Crippen molar-refractivity contribution < 1.29 is 20.1 Å². The summed E-state index contributed by atoms with van der Waals surface area (Å²) < 4.78 is 5.48. The quantitative estimate of drug-likeness (QED) is 0.705. The number of benzene rings is 1. The van der Waals surface area contributed by atoms with Crippen LogP contribution < -0.4 is 4.74 Å². The largest absolute Gasteiger partial charge is 0.497 e. The van der Waals surface area contributed by atoms with E-state index in [-0.39, 0.29) is 24.5 Å². The minimum atomic E-state index is -0.921. The molecule has 1 saturated carbocycles. The highest BCUT2D eigenvalue weighted by Crippen LogP contribution is 2.61. The van der Waals surface area contributed by atoms with Crippen molar-refractivity contribution >= 4 is 0 Å². The second-order valence-corrected chi connectivity index (χ2v) is 8.41. The molecule has 3 unspecified atom stereocenters. The van der Waals surface area contributed by atoms with Gasteiger partial charge in [-0.1, -0.05) is 12.6 Å². The number of hydrogen-bond acceptors (Lipinski definition) is 5. The Morgan fingerprint density at radius 1 is 1.31 bits per heavy atom. The summed E-state index contributed by atoms with van der Waals surface area (Å²) in [4.78, 5) is 2.39. The van der Waals surface area contributed by atoms with Crippen molar-refractivity contribution in [3.05, 3.63) is 41.5 Å². The summed E-state index contributed by atoms with van der Waals surface area (Å²) in [5.41, 5.74) is 1.99. The molecule has 26 heavy (non-hydrogen) atoms. The SMILES string of the molecule is C=C1[C@H](O)C(CO)(CO)CC2C3Cc4ccc(OC)cc4C12CCN3C. The summed E-state index contributed by atoms with van der Waals surface area (Å²) in [6.45, 7) is 4.79. The van der Waals surface area contributed by atoms with Crippen LogP contribution in [0.1, 0.15) is 24.0 Å². The summed E-state index contributed by atoms with van der Waals surface area (Å²) >= 11 is 0. The molecule has 4 atom stereocenters. The van der Waals surface area contributed by atoms with Crippen LogP contribution in [-0.2, 0) is 11.8 Å². The minimum Gasteiger partial charge on any atom is -0.497 e. The van der Waals surface area contributed by atoms with E-state index in [1.54, 1.807) is 7.11 Å². The first-order valence-corrected chi connectivity index (χ1v) is 9.40. The van der Waals surface area contributed by atoms with E-state index in [1.807, 2.05) is 6.07 Å². The van der Waals surface area contributed by atoms with Gasteiger partial charge in [-0.05, 0) is 67.6 Å². The van der Waals surface area contributed by atoms with Gasteiger partial charge in [0.1, 0.15) is 5.75 Å². The maximum absolute atomic E-state index is 11.1. The molecule has 0 aromatic heterocycles. The number of likely N-dealkylation sites (N-methyl/N-ethyl adjacent to an activating group) is 1. The first-order valence-electron chi connectivity index (χ1n) is 9.40. The number of hydrogen-bond donors (Lipinski definition) is 3. The van der Waals surface area contributed by atoms with Crippen molar-refractivity contribution in [3.63, 3.8) is 0 Å². The Bertz CT molecular complexity index is 729. The third kappa shape index (κ3) is 2.12. The predicted molar refractivity (Wildman–Crippen MR) is 99.3 cm³/mol. The molecular formula is C21H29NO4. The van der Waals surface area contributed by atoms with Gasteiger partial charge in [0.25, 0.3) is 0 Å². The van der Waals surface area contributed by atoms with Crippen LogP contribution in [0.5, 0.6) is 5.75 Å². The van der Waals surface area contributed by atoms with E-state index in [2.05, 4.69) is 30.7 Å². The maximum Gasteiger partial charge on any atom is 0.119 e. The first-order chi connectivity index (χ1) is 12.4. The molecule has 0 radical (unpaired) electrons. The lowest BCUT2D eigenvalue weighted by atomic mass is 9.46. The van der Waals surface area contributed by atoms with Gasteiger partial charge in [0.2, 0.25) is 0 Å². The van der Waals surface area contributed by atoms with Gasteiger partial charge < -0.3 is 25.0 Å². The van der Waals surface area contributed by atoms with Gasteiger partial charge in [0.15, 0.2) is 0 Å². The molecule has 2 bridgehead atoms. The number of likely N-dealkylation sites (tertiary alicyclic amines) is 1. The number of aliphatic hydroxyl groups is 3. The lowest BCUT2D eigenvalue weighted by Crippen LogP contribution is -2.67. The zero-order valence-corrected chi connectivity index (χ0v) is 15.6. The summed E-state index contributed by atoms with van der Waals surface area (Å²) in [6, 6.07) is 6.55. The highest BCUT2D eigenvalue weighted by molar-refractivity contribution is 5.52. The summed E-state index contributed by atoms with van der Waals surface area (Å²) in [7, 11) is 3.82. The zero-order chi connectivity index (χ0) is 18.7. The molecule has 1 aromatic carbocycles. The van der Waals surface area contributed by atoms with E-state index in [9.17, 15) is 15.3 Å². The second kappa shape index (κ2) is 6.06. The van der Waals surface area contributed by atoms with Crippen molar-refractivity contribution in [2.24, 2.45) is 11.3 Å². The topological polar surface area (TPSA) is 73.2 Å². The highest BCUT2D eigenvalue weighted by Gasteiger charge is 2.62. The number of rotatable bonds is 3. The van der Waals surface area contributed by atoms with Crippen LogP contribution in [0.2, 0.25) is 0 Å². The van der Waals surface area contributed by atoms with Gasteiger partial charge in [-0.25, -0.2) is 0 Å². The zero-order valence-electron chi connectivity index (χ0n) is 15.6. The fraction of sp³-hybridized carbons (Fsp3) is 0.619. The average Bonchev–Trinajstić information content (AvgIpc) is 2.67. The smallest absolute Gasteiger partial charge is 0.119 e. The Balaban J connectivity index is 1.93. The Morgan fingerprint density at radius 2 is 2.04 bits per heavy atom.